The second-order valence-electron chi connectivity index (χ2n) is 4.44. The summed E-state index contributed by atoms with van der Waals surface area (Å²) in [5.74, 6) is 0.526. The molecule has 0 radical (unpaired) electrons. The van der Waals surface area contributed by atoms with Crippen molar-refractivity contribution in [3.63, 3.8) is 0 Å². The fourth-order valence-corrected chi connectivity index (χ4v) is 2.27. The number of benzene rings is 1. The molecule has 1 aromatic carbocycles. The molecule has 3 rings (SSSR count). The van der Waals surface area contributed by atoms with Gasteiger partial charge in [-0.15, -0.1) is 0 Å². The fraction of sp³-hybridized carbons (Fsp3) is 0.308. The van der Waals surface area contributed by atoms with Gasteiger partial charge in [0.05, 0.1) is 0 Å². The number of hydrogen-bond donors (Lipinski definition) is 1. The summed E-state index contributed by atoms with van der Waals surface area (Å²) in [6, 6.07) is 9.53. The van der Waals surface area contributed by atoms with Crippen LogP contribution in [-0.2, 0) is 13.0 Å². The average Bonchev–Trinajstić information content (AvgIpc) is 2.67. The molecule has 88 valence electrons. The molecule has 1 atom stereocenters. The summed E-state index contributed by atoms with van der Waals surface area (Å²) in [7, 11) is 0. The van der Waals surface area contributed by atoms with E-state index in [9.17, 15) is 4.39 Å². The summed E-state index contributed by atoms with van der Waals surface area (Å²) in [4.78, 5) is 4.38. The van der Waals surface area contributed by atoms with E-state index >= 15 is 0 Å². The molecule has 3 nitrogen and oxygen atoms in total. The molecule has 0 spiro atoms. The highest BCUT2D eigenvalue weighted by molar-refractivity contribution is 5.59. The van der Waals surface area contributed by atoms with Crippen LogP contribution >= 0.6 is 0 Å². The molecule has 2 heterocycles. The number of halogens is 1. The van der Waals surface area contributed by atoms with Crippen LogP contribution in [0.2, 0.25) is 0 Å². The second kappa shape index (κ2) is 3.96. The van der Waals surface area contributed by atoms with Crippen molar-refractivity contribution in [3.8, 4) is 11.3 Å². The Morgan fingerprint density at radius 1 is 1.29 bits per heavy atom. The number of nitrogens with two attached hydrogens (primary N) is 1. The monoisotopic (exact) mass is 231 g/mol. The van der Waals surface area contributed by atoms with E-state index < -0.39 is 0 Å². The standard InChI is InChI=1S/C13H14FN3/c14-13-12(9-4-2-1-3-5-9)16-11-8-10(15)6-7-17(11)13/h1-5,10H,6-8,15H2. The van der Waals surface area contributed by atoms with Gasteiger partial charge in [0.15, 0.2) is 0 Å². The summed E-state index contributed by atoms with van der Waals surface area (Å²) in [5.41, 5.74) is 7.13. The minimum Gasteiger partial charge on any atom is -0.327 e. The molecule has 0 bridgehead atoms. The maximum Gasteiger partial charge on any atom is 0.221 e. The molecule has 1 aliphatic rings. The summed E-state index contributed by atoms with van der Waals surface area (Å²) in [5, 5.41) is 0. The van der Waals surface area contributed by atoms with Gasteiger partial charge in [-0.1, -0.05) is 30.3 Å². The second-order valence-corrected chi connectivity index (χ2v) is 4.44. The first-order valence-corrected chi connectivity index (χ1v) is 5.81. The molecular formula is C13H14FN3. The SMILES string of the molecule is NC1CCn2c(nc(-c3ccccc3)c2F)C1. The van der Waals surface area contributed by atoms with Crippen LogP contribution in [0.15, 0.2) is 30.3 Å². The maximum absolute atomic E-state index is 14.2. The van der Waals surface area contributed by atoms with E-state index in [1.807, 2.05) is 30.3 Å². The Hall–Kier alpha value is -1.68. The highest BCUT2D eigenvalue weighted by atomic mass is 19.1. The molecule has 2 aromatic rings. The third-order valence-electron chi connectivity index (χ3n) is 3.20. The molecule has 0 saturated heterocycles. The van der Waals surface area contributed by atoms with Crippen molar-refractivity contribution >= 4 is 0 Å². The average molecular weight is 231 g/mol. The summed E-state index contributed by atoms with van der Waals surface area (Å²) in [6.45, 7) is 0.627. The van der Waals surface area contributed by atoms with Crippen molar-refractivity contribution < 1.29 is 4.39 Å². The van der Waals surface area contributed by atoms with Gasteiger partial charge in [0, 0.05) is 24.6 Å². The van der Waals surface area contributed by atoms with Crippen molar-refractivity contribution in [2.75, 3.05) is 0 Å². The zero-order valence-electron chi connectivity index (χ0n) is 9.44. The Labute approximate surface area is 99.1 Å². The quantitative estimate of drug-likeness (QED) is 0.815. The third kappa shape index (κ3) is 1.74. The normalized spacial score (nSPS) is 19.1. The van der Waals surface area contributed by atoms with E-state index in [0.717, 1.165) is 17.8 Å². The van der Waals surface area contributed by atoms with Crippen molar-refractivity contribution in [2.45, 2.75) is 25.4 Å². The summed E-state index contributed by atoms with van der Waals surface area (Å²) >= 11 is 0. The number of fused-ring (bicyclic) bond motifs is 1. The lowest BCUT2D eigenvalue weighted by Crippen LogP contribution is -2.31. The smallest absolute Gasteiger partial charge is 0.221 e. The first-order valence-electron chi connectivity index (χ1n) is 5.81. The molecular weight excluding hydrogens is 217 g/mol. The Kier molecular flexibility index (Phi) is 2.44. The number of imidazole rings is 1. The zero-order valence-corrected chi connectivity index (χ0v) is 9.44. The van der Waals surface area contributed by atoms with Gasteiger partial charge in [0.25, 0.3) is 0 Å². The molecule has 1 unspecified atom stereocenters. The van der Waals surface area contributed by atoms with Crippen LogP contribution in [0.4, 0.5) is 4.39 Å². The molecule has 0 saturated carbocycles. The van der Waals surface area contributed by atoms with Crippen LogP contribution in [0.25, 0.3) is 11.3 Å². The minimum atomic E-state index is -0.238. The minimum absolute atomic E-state index is 0.105. The topological polar surface area (TPSA) is 43.8 Å². The first kappa shape index (κ1) is 10.5. The van der Waals surface area contributed by atoms with Gasteiger partial charge in [0.1, 0.15) is 11.5 Å². The molecule has 1 aliphatic heterocycles. The predicted octanol–water partition coefficient (Wildman–Crippen LogP) is 1.96. The lowest BCUT2D eigenvalue weighted by atomic mass is 10.1. The van der Waals surface area contributed by atoms with Crippen molar-refractivity contribution in [3.05, 3.63) is 42.1 Å². The molecule has 2 N–H and O–H groups in total. The predicted molar refractivity (Wildman–Crippen MR) is 63.9 cm³/mol. The van der Waals surface area contributed by atoms with Crippen LogP contribution in [0.5, 0.6) is 0 Å². The Balaban J connectivity index is 2.08. The molecule has 0 fully saturated rings. The van der Waals surface area contributed by atoms with Crippen LogP contribution < -0.4 is 5.73 Å². The molecule has 0 aliphatic carbocycles. The lowest BCUT2D eigenvalue weighted by Gasteiger charge is -2.19. The van der Waals surface area contributed by atoms with Gasteiger partial charge in [-0.25, -0.2) is 4.98 Å². The maximum atomic E-state index is 14.2. The number of rotatable bonds is 1. The summed E-state index contributed by atoms with van der Waals surface area (Å²) < 4.78 is 15.8. The molecule has 4 heteroatoms. The molecule has 1 aromatic heterocycles. The zero-order chi connectivity index (χ0) is 11.8. The van der Waals surface area contributed by atoms with E-state index in [-0.39, 0.29) is 12.0 Å². The van der Waals surface area contributed by atoms with Gasteiger partial charge >= 0.3 is 0 Å². The highest BCUT2D eigenvalue weighted by Crippen LogP contribution is 2.25. The third-order valence-corrected chi connectivity index (χ3v) is 3.20. The van der Waals surface area contributed by atoms with Gasteiger partial charge in [-0.3, -0.25) is 0 Å². The Morgan fingerprint density at radius 2 is 2.06 bits per heavy atom. The van der Waals surface area contributed by atoms with E-state index in [1.165, 1.54) is 0 Å². The largest absolute Gasteiger partial charge is 0.327 e. The van der Waals surface area contributed by atoms with Crippen molar-refractivity contribution in [2.24, 2.45) is 5.73 Å². The number of aromatic nitrogens is 2. The first-order chi connectivity index (χ1) is 8.25. The number of hydrogen-bond acceptors (Lipinski definition) is 2. The van der Waals surface area contributed by atoms with Crippen molar-refractivity contribution in [1.29, 1.82) is 0 Å². The Morgan fingerprint density at radius 3 is 2.82 bits per heavy atom. The lowest BCUT2D eigenvalue weighted by molar-refractivity contribution is 0.407. The summed E-state index contributed by atoms with van der Waals surface area (Å²) in [6.07, 6.45) is 1.47. The molecule has 0 amide bonds. The van der Waals surface area contributed by atoms with Gasteiger partial charge in [-0.05, 0) is 6.42 Å². The van der Waals surface area contributed by atoms with E-state index in [2.05, 4.69) is 4.98 Å². The van der Waals surface area contributed by atoms with Crippen LogP contribution in [0.1, 0.15) is 12.2 Å². The van der Waals surface area contributed by atoms with Crippen LogP contribution in [0, 0.1) is 5.95 Å². The Bertz CT molecular complexity index is 533. The van der Waals surface area contributed by atoms with E-state index in [4.69, 9.17) is 5.73 Å². The fourth-order valence-electron chi connectivity index (χ4n) is 2.27. The molecule has 17 heavy (non-hydrogen) atoms. The van der Waals surface area contributed by atoms with Crippen molar-refractivity contribution in [1.82, 2.24) is 9.55 Å². The highest BCUT2D eigenvalue weighted by Gasteiger charge is 2.23. The van der Waals surface area contributed by atoms with Gasteiger partial charge in [-0.2, -0.15) is 4.39 Å². The van der Waals surface area contributed by atoms with Gasteiger partial charge < -0.3 is 10.3 Å². The number of nitrogens with zero attached hydrogens (tertiary/aromatic N) is 2. The van der Waals surface area contributed by atoms with Gasteiger partial charge in [0.2, 0.25) is 5.95 Å². The van der Waals surface area contributed by atoms with E-state index in [1.54, 1.807) is 4.57 Å². The van der Waals surface area contributed by atoms with Crippen LogP contribution in [-0.4, -0.2) is 15.6 Å². The van der Waals surface area contributed by atoms with E-state index in [0.29, 0.717) is 18.7 Å². The van der Waals surface area contributed by atoms with Crippen LogP contribution in [0.3, 0.4) is 0 Å².